The summed E-state index contributed by atoms with van der Waals surface area (Å²) >= 11 is 6.03. The minimum atomic E-state index is -1.06. The van der Waals surface area contributed by atoms with Crippen LogP contribution in [0.2, 0.25) is 5.02 Å². The molecule has 0 spiro atoms. The largest absolute Gasteiger partial charge is 0.478 e. The number of nitrogens with zero attached hydrogens (tertiary/aromatic N) is 2. The quantitative estimate of drug-likeness (QED) is 0.584. The van der Waals surface area contributed by atoms with Crippen LogP contribution in [0, 0.1) is 23.7 Å². The monoisotopic (exact) mass is 446 g/mol. The maximum Gasteiger partial charge on any atom is 0.336 e. The zero-order chi connectivity index (χ0) is 22.1. The number of rotatable bonds is 3. The van der Waals surface area contributed by atoms with Crippen LogP contribution in [0.15, 0.2) is 48.5 Å². The van der Waals surface area contributed by atoms with E-state index in [0.717, 1.165) is 19.3 Å². The lowest BCUT2D eigenvalue weighted by atomic mass is 9.81. The third kappa shape index (κ3) is 2.72. The molecule has 4 unspecified atom stereocenters. The standard InChI is InChI=1S/C25H19ClN2O4/c26-15-5-8-19-17(10-15)18(25(31)32)11-20(27-19)12-3-6-16(7-4-12)28-23(29)21-13-1-2-14(9-13)22(21)24(28)30/h3-8,10-11,13-14,21-22H,1-2,9H2,(H,31,32). The first-order chi connectivity index (χ1) is 15.4. The fourth-order valence-corrected chi connectivity index (χ4v) is 6.14. The summed E-state index contributed by atoms with van der Waals surface area (Å²) in [6.07, 6.45) is 3.09. The van der Waals surface area contributed by atoms with Crippen LogP contribution in [0.1, 0.15) is 29.6 Å². The summed E-state index contributed by atoms with van der Waals surface area (Å²) in [4.78, 5) is 43.9. The highest BCUT2D eigenvalue weighted by atomic mass is 35.5. The summed E-state index contributed by atoms with van der Waals surface area (Å²) in [7, 11) is 0. The van der Waals surface area contributed by atoms with Crippen molar-refractivity contribution in [1.29, 1.82) is 0 Å². The highest BCUT2D eigenvalue weighted by Gasteiger charge is 2.61. The lowest BCUT2D eigenvalue weighted by molar-refractivity contribution is -0.123. The lowest BCUT2D eigenvalue weighted by Crippen LogP contribution is -2.32. The Morgan fingerprint density at radius 2 is 1.62 bits per heavy atom. The third-order valence-corrected chi connectivity index (χ3v) is 7.58. The average molecular weight is 447 g/mol. The molecule has 2 saturated carbocycles. The lowest BCUT2D eigenvalue weighted by Gasteiger charge is -2.19. The second-order valence-electron chi connectivity index (χ2n) is 8.97. The molecular weight excluding hydrogens is 428 g/mol. The van der Waals surface area contributed by atoms with Crippen LogP contribution in [0.4, 0.5) is 5.69 Å². The molecule has 3 aromatic rings. The van der Waals surface area contributed by atoms with E-state index in [4.69, 9.17) is 11.6 Å². The van der Waals surface area contributed by atoms with Crippen molar-refractivity contribution >= 4 is 46.0 Å². The van der Waals surface area contributed by atoms with Crippen LogP contribution >= 0.6 is 11.6 Å². The zero-order valence-corrected chi connectivity index (χ0v) is 17.7. The number of aromatic carboxylic acids is 1. The van der Waals surface area contributed by atoms with Crippen molar-refractivity contribution in [3.63, 3.8) is 0 Å². The van der Waals surface area contributed by atoms with Crippen molar-refractivity contribution in [2.24, 2.45) is 23.7 Å². The number of pyridine rings is 1. The number of halogens is 1. The number of carbonyl (C=O) groups excluding carboxylic acids is 2. The number of benzene rings is 2. The van der Waals surface area contributed by atoms with Crippen molar-refractivity contribution in [2.45, 2.75) is 19.3 Å². The maximum absolute atomic E-state index is 13.1. The van der Waals surface area contributed by atoms with E-state index in [1.807, 2.05) is 0 Å². The van der Waals surface area contributed by atoms with Gasteiger partial charge >= 0.3 is 5.97 Å². The van der Waals surface area contributed by atoms with Gasteiger partial charge in [0.25, 0.3) is 0 Å². The molecule has 32 heavy (non-hydrogen) atoms. The Hall–Kier alpha value is -3.25. The van der Waals surface area contributed by atoms with Gasteiger partial charge in [0.05, 0.1) is 34.3 Å². The van der Waals surface area contributed by atoms with Gasteiger partial charge in [0, 0.05) is 16.0 Å². The summed E-state index contributed by atoms with van der Waals surface area (Å²) in [5.74, 6) is -0.846. The van der Waals surface area contributed by atoms with Crippen LogP contribution in [0.3, 0.4) is 0 Å². The zero-order valence-electron chi connectivity index (χ0n) is 17.0. The van der Waals surface area contributed by atoms with Crippen molar-refractivity contribution in [3.05, 3.63) is 59.1 Å². The normalized spacial score (nSPS) is 26.2. The van der Waals surface area contributed by atoms with Gasteiger partial charge in [0.15, 0.2) is 0 Å². The molecule has 3 fully saturated rings. The van der Waals surface area contributed by atoms with Gasteiger partial charge in [-0.25, -0.2) is 9.78 Å². The molecular formula is C25H19ClN2O4. The Balaban J connectivity index is 1.36. The fraction of sp³-hybridized carbons (Fsp3) is 0.280. The minimum absolute atomic E-state index is 0.0752. The molecule has 6 nitrogen and oxygen atoms in total. The number of fused-ring (bicyclic) bond motifs is 6. The van der Waals surface area contributed by atoms with Gasteiger partial charge in [0.1, 0.15) is 0 Å². The second kappa shape index (κ2) is 6.87. The average Bonchev–Trinajstić information content (AvgIpc) is 3.47. The molecule has 1 saturated heterocycles. The first-order valence-corrected chi connectivity index (χ1v) is 11.1. The van der Waals surface area contributed by atoms with Gasteiger partial charge in [-0.3, -0.25) is 14.5 Å². The third-order valence-electron chi connectivity index (χ3n) is 7.35. The van der Waals surface area contributed by atoms with E-state index in [9.17, 15) is 19.5 Å². The molecule has 1 N–H and O–H groups in total. The van der Waals surface area contributed by atoms with E-state index >= 15 is 0 Å². The molecule has 2 heterocycles. The van der Waals surface area contributed by atoms with Crippen molar-refractivity contribution in [2.75, 3.05) is 4.90 Å². The number of carboxylic acids is 1. The van der Waals surface area contributed by atoms with Crippen LogP contribution < -0.4 is 4.90 Å². The topological polar surface area (TPSA) is 87.6 Å². The SMILES string of the molecule is O=C(O)c1cc(-c2ccc(N3C(=O)C4C5CCC(C5)C4C3=O)cc2)nc2ccc(Cl)cc12. The van der Waals surface area contributed by atoms with E-state index in [0.29, 0.717) is 44.7 Å². The number of imide groups is 1. The molecule has 2 aliphatic carbocycles. The highest BCUT2D eigenvalue weighted by molar-refractivity contribution is 6.31. The summed E-state index contributed by atoms with van der Waals surface area (Å²) < 4.78 is 0. The number of carboxylic acid groups (broad SMARTS) is 1. The highest BCUT2D eigenvalue weighted by Crippen LogP contribution is 2.56. The Kier molecular flexibility index (Phi) is 4.17. The number of hydrogen-bond donors (Lipinski definition) is 1. The van der Waals surface area contributed by atoms with E-state index in [-0.39, 0.29) is 29.2 Å². The number of amides is 2. The van der Waals surface area contributed by atoms with E-state index in [1.165, 1.54) is 11.0 Å². The van der Waals surface area contributed by atoms with Gasteiger partial charge < -0.3 is 5.11 Å². The van der Waals surface area contributed by atoms with E-state index < -0.39 is 5.97 Å². The molecule has 2 bridgehead atoms. The van der Waals surface area contributed by atoms with Crippen LogP contribution in [-0.4, -0.2) is 27.9 Å². The van der Waals surface area contributed by atoms with Gasteiger partial charge in [0.2, 0.25) is 11.8 Å². The van der Waals surface area contributed by atoms with Crippen molar-refractivity contribution in [3.8, 4) is 11.3 Å². The van der Waals surface area contributed by atoms with Crippen LogP contribution in [0.25, 0.3) is 22.2 Å². The molecule has 2 aromatic carbocycles. The summed E-state index contributed by atoms with van der Waals surface area (Å²) in [5, 5.41) is 10.6. The second-order valence-corrected chi connectivity index (χ2v) is 9.40. The van der Waals surface area contributed by atoms with Gasteiger partial charge in [-0.15, -0.1) is 0 Å². The molecule has 1 aromatic heterocycles. The fourth-order valence-electron chi connectivity index (χ4n) is 5.97. The van der Waals surface area contributed by atoms with Crippen molar-refractivity contribution < 1.29 is 19.5 Å². The number of anilines is 1. The summed E-state index contributed by atoms with van der Waals surface area (Å²) in [5.41, 5.74) is 2.40. The van der Waals surface area contributed by atoms with E-state index in [1.54, 1.807) is 42.5 Å². The Morgan fingerprint density at radius 1 is 0.969 bits per heavy atom. The van der Waals surface area contributed by atoms with Gasteiger partial charge in [-0.05, 0) is 67.5 Å². The first kappa shape index (κ1) is 19.4. The van der Waals surface area contributed by atoms with Crippen molar-refractivity contribution in [1.82, 2.24) is 4.98 Å². The molecule has 3 aliphatic rings. The molecule has 4 atom stereocenters. The molecule has 2 amide bonds. The minimum Gasteiger partial charge on any atom is -0.478 e. The number of hydrogen-bond acceptors (Lipinski definition) is 4. The molecule has 7 heteroatoms. The summed E-state index contributed by atoms with van der Waals surface area (Å²) in [6.45, 7) is 0. The Bertz CT molecular complexity index is 1290. The maximum atomic E-state index is 13.1. The molecule has 160 valence electrons. The van der Waals surface area contributed by atoms with Gasteiger partial charge in [-0.2, -0.15) is 0 Å². The molecule has 0 radical (unpaired) electrons. The molecule has 6 rings (SSSR count). The summed E-state index contributed by atoms with van der Waals surface area (Å²) in [6, 6.07) is 13.5. The first-order valence-electron chi connectivity index (χ1n) is 10.7. The Labute approximate surface area is 188 Å². The molecule has 1 aliphatic heterocycles. The Morgan fingerprint density at radius 3 is 2.25 bits per heavy atom. The predicted molar refractivity (Wildman–Crippen MR) is 119 cm³/mol. The smallest absolute Gasteiger partial charge is 0.336 e. The predicted octanol–water partition coefficient (Wildman–Crippen LogP) is 4.79. The van der Waals surface area contributed by atoms with Gasteiger partial charge in [-0.1, -0.05) is 23.7 Å². The van der Waals surface area contributed by atoms with E-state index in [2.05, 4.69) is 4.98 Å². The van der Waals surface area contributed by atoms with Crippen LogP contribution in [-0.2, 0) is 9.59 Å². The van der Waals surface area contributed by atoms with Crippen LogP contribution in [0.5, 0.6) is 0 Å². The number of aromatic nitrogens is 1. The number of carbonyl (C=O) groups is 3.